The van der Waals surface area contributed by atoms with Gasteiger partial charge < -0.3 is 13.8 Å². The summed E-state index contributed by atoms with van der Waals surface area (Å²) in [5.74, 6) is 2.36. The quantitative estimate of drug-likeness (QED) is 0.749. The lowest BCUT2D eigenvalue weighted by atomic mass is 10.2. The maximum atomic E-state index is 12.3. The molecular weight excluding hydrogens is 282 g/mol. The van der Waals surface area contributed by atoms with Gasteiger partial charge in [0.25, 0.3) is 0 Å². The average Bonchev–Trinajstić information content (AvgIpc) is 3.01. The fourth-order valence-corrected chi connectivity index (χ4v) is 2.43. The third-order valence-electron chi connectivity index (χ3n) is 3.78. The molecule has 1 amide bonds. The van der Waals surface area contributed by atoms with Gasteiger partial charge in [-0.3, -0.25) is 4.79 Å². The Kier molecular flexibility index (Phi) is 4.56. The number of aryl methyl sites for hydroxylation is 1. The van der Waals surface area contributed by atoms with Crippen LogP contribution in [0.5, 0.6) is 0 Å². The molecule has 0 unspecified atom stereocenters. The highest BCUT2D eigenvalue weighted by atomic mass is 16.5. The van der Waals surface area contributed by atoms with Crippen LogP contribution in [-0.2, 0) is 11.2 Å². The maximum Gasteiger partial charge on any atom is 0.238 e. The van der Waals surface area contributed by atoms with E-state index in [9.17, 15) is 4.79 Å². The van der Waals surface area contributed by atoms with Crippen LogP contribution in [0, 0.1) is 5.92 Å². The zero-order valence-electron chi connectivity index (χ0n) is 12.8. The third-order valence-corrected chi connectivity index (χ3v) is 3.78. The fourth-order valence-electron chi connectivity index (χ4n) is 2.43. The van der Waals surface area contributed by atoms with Crippen LogP contribution in [0.1, 0.15) is 38.5 Å². The molecule has 22 heavy (non-hydrogen) atoms. The van der Waals surface area contributed by atoms with Crippen molar-refractivity contribution >= 4 is 5.91 Å². The Labute approximate surface area is 129 Å². The molecule has 2 heterocycles. The first-order valence-electron chi connectivity index (χ1n) is 7.90. The van der Waals surface area contributed by atoms with Gasteiger partial charge in [-0.05, 0) is 37.3 Å². The highest BCUT2D eigenvalue weighted by Gasteiger charge is 2.26. The summed E-state index contributed by atoms with van der Waals surface area (Å²) in [6.07, 6.45) is 5.94. The number of nitrogens with zero attached hydrogens (tertiary/aromatic N) is 3. The minimum absolute atomic E-state index is 0.173. The molecule has 6 heteroatoms. The first-order chi connectivity index (χ1) is 10.8. The molecule has 1 aliphatic carbocycles. The second kappa shape index (κ2) is 6.77. The number of carbonyl (C=O) groups is 1. The van der Waals surface area contributed by atoms with Crippen LogP contribution in [-0.4, -0.2) is 34.0 Å². The van der Waals surface area contributed by atoms with E-state index in [-0.39, 0.29) is 5.91 Å². The summed E-state index contributed by atoms with van der Waals surface area (Å²) in [6.45, 7) is 3.83. The van der Waals surface area contributed by atoms with Crippen molar-refractivity contribution in [1.82, 2.24) is 15.0 Å². The van der Waals surface area contributed by atoms with E-state index in [0.717, 1.165) is 19.5 Å². The molecule has 0 aromatic carbocycles. The Morgan fingerprint density at radius 3 is 3.00 bits per heavy atom. The van der Waals surface area contributed by atoms with Crippen LogP contribution in [0.2, 0.25) is 0 Å². The second-order valence-electron chi connectivity index (χ2n) is 5.77. The Hall–Kier alpha value is -2.11. The van der Waals surface area contributed by atoms with Crippen molar-refractivity contribution in [3.8, 4) is 11.6 Å². The van der Waals surface area contributed by atoms with Crippen molar-refractivity contribution < 1.29 is 13.7 Å². The van der Waals surface area contributed by atoms with Gasteiger partial charge >= 0.3 is 0 Å². The number of hydrogen-bond acceptors (Lipinski definition) is 5. The van der Waals surface area contributed by atoms with Crippen LogP contribution >= 0.6 is 0 Å². The van der Waals surface area contributed by atoms with Gasteiger partial charge in [-0.15, -0.1) is 0 Å². The summed E-state index contributed by atoms with van der Waals surface area (Å²) in [5, 5.41) is 3.87. The lowest BCUT2D eigenvalue weighted by Crippen LogP contribution is -2.33. The number of aromatic nitrogens is 2. The number of carbonyl (C=O) groups excluding carboxylic acids is 1. The van der Waals surface area contributed by atoms with E-state index in [1.165, 1.54) is 12.8 Å². The zero-order valence-corrected chi connectivity index (χ0v) is 12.8. The molecule has 1 fully saturated rings. The van der Waals surface area contributed by atoms with Crippen LogP contribution in [0.25, 0.3) is 11.6 Å². The molecule has 0 radical (unpaired) electrons. The van der Waals surface area contributed by atoms with E-state index in [0.29, 0.717) is 36.2 Å². The number of furan rings is 1. The van der Waals surface area contributed by atoms with Gasteiger partial charge in [0.15, 0.2) is 5.76 Å². The Bertz CT molecular complexity index is 602. The van der Waals surface area contributed by atoms with Crippen LogP contribution in [0.3, 0.4) is 0 Å². The monoisotopic (exact) mass is 303 g/mol. The first kappa shape index (κ1) is 14.8. The van der Waals surface area contributed by atoms with Gasteiger partial charge in [0.2, 0.25) is 17.6 Å². The van der Waals surface area contributed by atoms with Crippen molar-refractivity contribution in [2.75, 3.05) is 13.1 Å². The van der Waals surface area contributed by atoms with Gasteiger partial charge in [-0.2, -0.15) is 4.98 Å². The Morgan fingerprint density at radius 2 is 2.32 bits per heavy atom. The summed E-state index contributed by atoms with van der Waals surface area (Å²) in [6, 6.07) is 3.55. The predicted octanol–water partition coefficient (Wildman–Crippen LogP) is 2.91. The molecule has 1 aliphatic rings. The minimum Gasteiger partial charge on any atom is -0.461 e. The summed E-state index contributed by atoms with van der Waals surface area (Å²) < 4.78 is 10.4. The molecule has 0 bridgehead atoms. The zero-order chi connectivity index (χ0) is 15.4. The molecule has 2 aromatic rings. The van der Waals surface area contributed by atoms with Gasteiger partial charge in [0, 0.05) is 25.9 Å². The number of hydrogen-bond donors (Lipinski definition) is 0. The number of rotatable bonds is 8. The highest BCUT2D eigenvalue weighted by Crippen LogP contribution is 2.30. The normalized spacial score (nSPS) is 14.2. The van der Waals surface area contributed by atoms with Gasteiger partial charge in [-0.25, -0.2) is 0 Å². The van der Waals surface area contributed by atoms with Crippen LogP contribution in [0.4, 0.5) is 0 Å². The molecule has 0 atom stereocenters. The molecular formula is C16H21N3O3. The molecule has 6 nitrogen and oxygen atoms in total. The minimum atomic E-state index is 0.173. The largest absolute Gasteiger partial charge is 0.461 e. The van der Waals surface area contributed by atoms with E-state index < -0.39 is 0 Å². The molecule has 0 aliphatic heterocycles. The van der Waals surface area contributed by atoms with Crippen molar-refractivity contribution in [3.05, 3.63) is 24.3 Å². The van der Waals surface area contributed by atoms with Gasteiger partial charge in [0.05, 0.1) is 6.26 Å². The second-order valence-corrected chi connectivity index (χ2v) is 5.77. The summed E-state index contributed by atoms with van der Waals surface area (Å²) in [4.78, 5) is 18.6. The van der Waals surface area contributed by atoms with Crippen LogP contribution < -0.4 is 0 Å². The molecule has 2 aromatic heterocycles. The Balaban J connectivity index is 1.53. The van der Waals surface area contributed by atoms with Crippen molar-refractivity contribution in [1.29, 1.82) is 0 Å². The van der Waals surface area contributed by atoms with Crippen molar-refractivity contribution in [3.63, 3.8) is 0 Å². The molecule has 0 saturated heterocycles. The topological polar surface area (TPSA) is 72.4 Å². The van der Waals surface area contributed by atoms with E-state index >= 15 is 0 Å². The first-order valence-corrected chi connectivity index (χ1v) is 7.90. The highest BCUT2D eigenvalue weighted by molar-refractivity contribution is 5.76. The van der Waals surface area contributed by atoms with Crippen LogP contribution in [0.15, 0.2) is 27.3 Å². The smallest absolute Gasteiger partial charge is 0.238 e. The van der Waals surface area contributed by atoms with E-state index in [1.54, 1.807) is 18.4 Å². The van der Waals surface area contributed by atoms with E-state index in [1.807, 2.05) is 4.90 Å². The molecule has 1 saturated carbocycles. The number of amides is 1. The lowest BCUT2D eigenvalue weighted by Gasteiger charge is -2.21. The standard InChI is InChI=1S/C16H21N3O3/c1-2-9-19(11-12-5-6-12)15(20)8-7-14-17-16(18-22-14)13-4-3-10-21-13/h3-4,10,12H,2,5-9,11H2,1H3. The fraction of sp³-hybridized carbons (Fsp3) is 0.562. The SMILES string of the molecule is CCCN(CC1CC1)C(=O)CCc1nc(-c2ccco2)no1. The lowest BCUT2D eigenvalue weighted by molar-refractivity contribution is -0.131. The Morgan fingerprint density at radius 1 is 1.45 bits per heavy atom. The summed E-state index contributed by atoms with van der Waals surface area (Å²) in [7, 11) is 0. The molecule has 0 N–H and O–H groups in total. The maximum absolute atomic E-state index is 12.3. The molecule has 118 valence electrons. The molecule has 0 spiro atoms. The van der Waals surface area contributed by atoms with Gasteiger partial charge in [-0.1, -0.05) is 12.1 Å². The molecule has 3 rings (SSSR count). The summed E-state index contributed by atoms with van der Waals surface area (Å²) in [5.41, 5.74) is 0. The average molecular weight is 303 g/mol. The summed E-state index contributed by atoms with van der Waals surface area (Å²) >= 11 is 0. The third kappa shape index (κ3) is 3.75. The van der Waals surface area contributed by atoms with Crippen molar-refractivity contribution in [2.45, 2.75) is 39.0 Å². The van der Waals surface area contributed by atoms with Crippen molar-refractivity contribution in [2.24, 2.45) is 5.92 Å². The van der Waals surface area contributed by atoms with Gasteiger partial charge in [0.1, 0.15) is 0 Å². The predicted molar refractivity (Wildman–Crippen MR) is 79.9 cm³/mol. The van der Waals surface area contributed by atoms with E-state index in [2.05, 4.69) is 17.1 Å². The van der Waals surface area contributed by atoms with E-state index in [4.69, 9.17) is 8.94 Å².